The molecule has 9 heteroatoms. The molecule has 2 N–H and O–H groups in total. The molecule has 2 bridgehead atoms. The van der Waals surface area contributed by atoms with Gasteiger partial charge in [-0.1, -0.05) is 5.16 Å². The van der Waals surface area contributed by atoms with Crippen LogP contribution in [-0.2, 0) is 20.9 Å². The van der Waals surface area contributed by atoms with Gasteiger partial charge >= 0.3 is 5.97 Å². The summed E-state index contributed by atoms with van der Waals surface area (Å²) in [6.07, 6.45) is 3.62. The third-order valence-corrected chi connectivity index (χ3v) is 8.71. The van der Waals surface area contributed by atoms with Gasteiger partial charge < -0.3 is 19.7 Å². The van der Waals surface area contributed by atoms with Crippen LogP contribution in [0.2, 0.25) is 0 Å². The normalized spacial score (nSPS) is 37.2. The van der Waals surface area contributed by atoms with Crippen molar-refractivity contribution < 1.29 is 28.3 Å². The van der Waals surface area contributed by atoms with Crippen LogP contribution in [0.25, 0.3) is 0 Å². The first-order valence-corrected chi connectivity index (χ1v) is 12.3. The molecule has 3 aliphatic carbocycles. The van der Waals surface area contributed by atoms with Gasteiger partial charge in [-0.15, -0.1) is 0 Å². The van der Waals surface area contributed by atoms with Crippen molar-refractivity contribution in [1.82, 2.24) is 15.4 Å². The summed E-state index contributed by atoms with van der Waals surface area (Å²) in [7, 11) is 0. The number of carbonyl (C=O) groups is 2. The van der Waals surface area contributed by atoms with Gasteiger partial charge in [-0.2, -0.15) is 0 Å². The highest BCUT2D eigenvalue weighted by Gasteiger charge is 2.75. The van der Waals surface area contributed by atoms with Gasteiger partial charge in [0, 0.05) is 32.3 Å². The minimum atomic E-state index is -0.849. The van der Waals surface area contributed by atoms with Gasteiger partial charge in [-0.05, 0) is 62.2 Å². The highest BCUT2D eigenvalue weighted by molar-refractivity contribution is 5.86. The van der Waals surface area contributed by atoms with Gasteiger partial charge in [0.2, 0.25) is 5.91 Å². The van der Waals surface area contributed by atoms with Crippen molar-refractivity contribution in [2.24, 2.45) is 35.0 Å². The number of aryl methyl sites for hydroxylation is 1. The lowest BCUT2D eigenvalue weighted by molar-refractivity contribution is -0.149. The minimum Gasteiger partial charge on any atom is -0.481 e. The SMILES string of the molecule is Cc1cc(CNC(=O)[C@H]2[C@H](C(=O)O)[C@H]3CC[C@@H]2[C@@]32CC2CCOCCN2CCC(F)C2)no1. The van der Waals surface area contributed by atoms with Crippen LogP contribution in [-0.4, -0.2) is 66.1 Å². The second-order valence-electron chi connectivity index (χ2n) is 10.4. The van der Waals surface area contributed by atoms with Crippen LogP contribution in [0.5, 0.6) is 0 Å². The number of carbonyl (C=O) groups excluding carboxylic acids is 1. The topological polar surface area (TPSA) is 105 Å². The summed E-state index contributed by atoms with van der Waals surface area (Å²) < 4.78 is 24.2. The summed E-state index contributed by atoms with van der Waals surface area (Å²) in [5.74, 6) is -0.821. The van der Waals surface area contributed by atoms with Crippen LogP contribution in [0.3, 0.4) is 0 Å². The molecular formula is C24H34FN3O5. The van der Waals surface area contributed by atoms with E-state index in [2.05, 4.69) is 15.4 Å². The lowest BCUT2D eigenvalue weighted by atomic mass is 9.78. The minimum absolute atomic E-state index is 0.0185. The van der Waals surface area contributed by atoms with Crippen LogP contribution in [0.1, 0.15) is 43.6 Å². The Morgan fingerprint density at radius 2 is 2.09 bits per heavy atom. The maximum atomic E-state index is 13.3. The molecule has 1 aliphatic heterocycles. The summed E-state index contributed by atoms with van der Waals surface area (Å²) in [4.78, 5) is 27.4. The Bertz CT molecular complexity index is 893. The van der Waals surface area contributed by atoms with Gasteiger partial charge in [0.25, 0.3) is 0 Å². The summed E-state index contributed by atoms with van der Waals surface area (Å²) in [6.45, 7) is 5.35. The Morgan fingerprint density at radius 3 is 2.76 bits per heavy atom. The lowest BCUT2D eigenvalue weighted by Gasteiger charge is -2.26. The zero-order valence-corrected chi connectivity index (χ0v) is 19.2. The highest BCUT2D eigenvalue weighted by atomic mass is 19.1. The van der Waals surface area contributed by atoms with E-state index in [0.29, 0.717) is 43.6 Å². The third kappa shape index (κ3) is 4.18. The third-order valence-electron chi connectivity index (χ3n) is 8.71. The second-order valence-corrected chi connectivity index (χ2v) is 10.4. The largest absolute Gasteiger partial charge is 0.481 e. The molecule has 8 nitrogen and oxygen atoms in total. The van der Waals surface area contributed by atoms with Crippen molar-refractivity contribution in [3.05, 3.63) is 17.5 Å². The molecule has 182 valence electrons. The fraction of sp³-hybridized carbons (Fsp3) is 0.792. The van der Waals surface area contributed by atoms with Crippen molar-refractivity contribution in [2.45, 2.75) is 51.7 Å². The number of nitrogens with one attached hydrogen (secondary N) is 1. The van der Waals surface area contributed by atoms with Crippen LogP contribution in [0.15, 0.2) is 10.6 Å². The number of amides is 1. The van der Waals surface area contributed by atoms with Gasteiger partial charge in [0.05, 0.1) is 25.0 Å². The zero-order valence-electron chi connectivity index (χ0n) is 19.2. The quantitative estimate of drug-likeness (QED) is 0.514. The van der Waals surface area contributed by atoms with E-state index in [9.17, 15) is 19.1 Å². The molecule has 5 rings (SSSR count). The molecule has 1 amide bonds. The maximum Gasteiger partial charge on any atom is 0.307 e. The average Bonchev–Trinajstić information content (AvgIpc) is 3.12. The van der Waals surface area contributed by atoms with Crippen molar-refractivity contribution in [2.75, 3.05) is 32.8 Å². The Balaban J connectivity index is 1.15. The first-order valence-electron chi connectivity index (χ1n) is 12.3. The van der Waals surface area contributed by atoms with Crippen molar-refractivity contribution in [3.63, 3.8) is 0 Å². The number of carboxylic acids is 1. The zero-order chi connectivity index (χ0) is 23.2. The number of halogens is 1. The predicted molar refractivity (Wildman–Crippen MR) is 116 cm³/mol. The van der Waals surface area contributed by atoms with Crippen molar-refractivity contribution in [1.29, 1.82) is 0 Å². The number of nitrogens with zero attached hydrogens (tertiary/aromatic N) is 2. The van der Waals surface area contributed by atoms with Crippen molar-refractivity contribution >= 4 is 11.9 Å². The second kappa shape index (κ2) is 8.98. The van der Waals surface area contributed by atoms with E-state index in [1.165, 1.54) is 0 Å². The number of alkyl halides is 1. The van der Waals surface area contributed by atoms with Gasteiger partial charge in [-0.25, -0.2) is 4.39 Å². The van der Waals surface area contributed by atoms with Crippen molar-refractivity contribution in [3.8, 4) is 0 Å². The van der Waals surface area contributed by atoms with E-state index < -0.39 is 24.0 Å². The van der Waals surface area contributed by atoms with Gasteiger partial charge in [0.15, 0.2) is 0 Å². The number of hydrogen-bond acceptors (Lipinski definition) is 6. The molecule has 1 aromatic rings. The monoisotopic (exact) mass is 463 g/mol. The molecule has 0 radical (unpaired) electrons. The summed E-state index contributed by atoms with van der Waals surface area (Å²) in [6, 6.07) is 1.77. The molecule has 4 fully saturated rings. The predicted octanol–water partition coefficient (Wildman–Crippen LogP) is 2.41. The fourth-order valence-corrected chi connectivity index (χ4v) is 7.32. The van der Waals surface area contributed by atoms with E-state index in [-0.39, 0.29) is 29.7 Å². The number of rotatable bonds is 10. The van der Waals surface area contributed by atoms with Crippen LogP contribution < -0.4 is 5.32 Å². The smallest absolute Gasteiger partial charge is 0.307 e. The highest BCUT2D eigenvalue weighted by Crippen LogP contribution is 2.78. The Morgan fingerprint density at radius 1 is 1.30 bits per heavy atom. The van der Waals surface area contributed by atoms with E-state index in [1.54, 1.807) is 13.0 Å². The van der Waals surface area contributed by atoms with Crippen LogP contribution in [0, 0.1) is 41.9 Å². The summed E-state index contributed by atoms with van der Waals surface area (Å²) in [5, 5.41) is 16.8. The molecule has 33 heavy (non-hydrogen) atoms. The molecule has 2 unspecified atom stereocenters. The maximum absolute atomic E-state index is 13.3. The van der Waals surface area contributed by atoms with Gasteiger partial charge in [0.1, 0.15) is 17.6 Å². The molecule has 2 heterocycles. The van der Waals surface area contributed by atoms with Crippen LogP contribution in [0.4, 0.5) is 4.39 Å². The van der Waals surface area contributed by atoms with E-state index in [4.69, 9.17) is 9.26 Å². The van der Waals surface area contributed by atoms with Crippen LogP contribution >= 0.6 is 0 Å². The molecule has 1 spiro atoms. The summed E-state index contributed by atoms with van der Waals surface area (Å²) in [5.41, 5.74) is 0.623. The molecule has 7 atom stereocenters. The van der Waals surface area contributed by atoms with E-state index >= 15 is 0 Å². The number of hydrogen-bond donors (Lipinski definition) is 2. The molecule has 1 saturated heterocycles. The van der Waals surface area contributed by atoms with Gasteiger partial charge in [-0.3, -0.25) is 14.5 Å². The number of aromatic nitrogens is 1. The van der Waals surface area contributed by atoms with E-state index in [0.717, 1.165) is 38.8 Å². The Labute approximate surface area is 193 Å². The first-order chi connectivity index (χ1) is 15.9. The number of aliphatic carboxylic acids is 1. The molecule has 0 aromatic carbocycles. The Hall–Kier alpha value is -2.00. The molecular weight excluding hydrogens is 429 g/mol. The summed E-state index contributed by atoms with van der Waals surface area (Å²) >= 11 is 0. The van der Waals surface area contributed by atoms with E-state index in [1.807, 2.05) is 0 Å². The lowest BCUT2D eigenvalue weighted by Crippen LogP contribution is -2.41. The first kappa shape index (κ1) is 22.8. The number of carboxylic acid groups (broad SMARTS) is 1. The standard InChI is InChI=1S/C24H34FN3O5/c1-14-10-17(27-33-14)12-26-22(29)20-18-2-3-19(21(20)23(30)31)24(18)11-15(24)5-8-32-9-7-28-6-4-16(25)13-28/h10,15-16,18-21H,2-9,11-13H2,1H3,(H,26,29)(H,30,31)/t15?,16?,18-,19+,20+,21+,24-/m0/s1. The molecule has 3 saturated carbocycles. The number of ether oxygens (including phenoxy) is 1. The number of likely N-dealkylation sites (tertiary alicyclic amines) is 1. The average molecular weight is 464 g/mol. The fourth-order valence-electron chi connectivity index (χ4n) is 7.32. The molecule has 1 aromatic heterocycles. The Kier molecular flexibility index (Phi) is 6.20. The molecule has 4 aliphatic rings.